The zero-order valence-corrected chi connectivity index (χ0v) is 15.6. The summed E-state index contributed by atoms with van der Waals surface area (Å²) in [5.74, 6) is 0.0230. The minimum Gasteiger partial charge on any atom is -0.341 e. The number of carbonyl (C=O) groups is 1. The molecule has 26 heavy (non-hydrogen) atoms. The number of rotatable bonds is 4. The van der Waals surface area contributed by atoms with E-state index in [-0.39, 0.29) is 23.4 Å². The highest BCUT2D eigenvalue weighted by Crippen LogP contribution is 2.23. The van der Waals surface area contributed by atoms with E-state index in [1.807, 2.05) is 0 Å². The molecule has 1 saturated heterocycles. The average Bonchev–Trinajstić information content (AvgIpc) is 2.95. The summed E-state index contributed by atoms with van der Waals surface area (Å²) in [6, 6.07) is 5.89. The molecule has 1 atom stereocenters. The van der Waals surface area contributed by atoms with Gasteiger partial charge in [-0.25, -0.2) is 17.8 Å². The van der Waals surface area contributed by atoms with Crippen LogP contribution in [0.4, 0.5) is 4.39 Å². The molecule has 1 aliphatic heterocycles. The van der Waals surface area contributed by atoms with E-state index in [9.17, 15) is 17.6 Å². The van der Waals surface area contributed by atoms with Crippen LogP contribution < -0.4 is 0 Å². The van der Waals surface area contributed by atoms with Gasteiger partial charge in [-0.1, -0.05) is 0 Å². The van der Waals surface area contributed by atoms with Crippen molar-refractivity contribution in [3.05, 3.63) is 41.5 Å². The second-order valence-corrected chi connectivity index (χ2v) is 9.10. The third-order valence-electron chi connectivity index (χ3n) is 4.55. The van der Waals surface area contributed by atoms with Crippen LogP contribution in [0.5, 0.6) is 0 Å². The first kappa shape index (κ1) is 18.6. The van der Waals surface area contributed by atoms with Gasteiger partial charge in [0.1, 0.15) is 27.2 Å². The largest absolute Gasteiger partial charge is 0.341 e. The lowest BCUT2D eigenvalue weighted by molar-refractivity contribution is 0.0678. The number of halogens is 1. The van der Waals surface area contributed by atoms with Crippen LogP contribution in [0.15, 0.2) is 24.3 Å². The summed E-state index contributed by atoms with van der Waals surface area (Å²) in [7, 11) is -3.07. The molecule has 1 unspecified atom stereocenters. The van der Waals surface area contributed by atoms with E-state index in [2.05, 4.69) is 9.97 Å². The summed E-state index contributed by atoms with van der Waals surface area (Å²) in [5, 5.41) is 0. The van der Waals surface area contributed by atoms with Gasteiger partial charge < -0.3 is 9.88 Å². The van der Waals surface area contributed by atoms with Gasteiger partial charge in [0.2, 0.25) is 0 Å². The van der Waals surface area contributed by atoms with Crippen molar-refractivity contribution >= 4 is 15.7 Å². The van der Waals surface area contributed by atoms with Gasteiger partial charge in [0, 0.05) is 30.6 Å². The quantitative estimate of drug-likeness (QED) is 0.884. The Morgan fingerprint density at radius 1 is 1.35 bits per heavy atom. The lowest BCUT2D eigenvalue weighted by atomic mass is 10.00. The third-order valence-corrected chi connectivity index (χ3v) is 5.63. The number of H-pyrrole nitrogens is 1. The number of nitrogens with zero attached hydrogens (tertiary/aromatic N) is 2. The van der Waals surface area contributed by atoms with E-state index < -0.39 is 9.84 Å². The minimum atomic E-state index is -3.07. The van der Waals surface area contributed by atoms with Crippen LogP contribution in [0, 0.1) is 18.7 Å². The number of aromatic amines is 1. The van der Waals surface area contributed by atoms with Crippen molar-refractivity contribution in [1.82, 2.24) is 14.9 Å². The number of hydrogen-bond acceptors (Lipinski definition) is 4. The van der Waals surface area contributed by atoms with Crippen LogP contribution in [0.3, 0.4) is 0 Å². The zero-order valence-electron chi connectivity index (χ0n) is 14.8. The Hall–Kier alpha value is -2.22. The molecular weight excluding hydrogens is 357 g/mol. The van der Waals surface area contributed by atoms with Crippen LogP contribution in [-0.2, 0) is 9.84 Å². The van der Waals surface area contributed by atoms with Gasteiger partial charge >= 0.3 is 0 Å². The molecule has 0 radical (unpaired) electrons. The number of imidazole rings is 1. The molecule has 140 valence electrons. The van der Waals surface area contributed by atoms with E-state index in [4.69, 9.17) is 0 Å². The topological polar surface area (TPSA) is 83.1 Å². The predicted molar refractivity (Wildman–Crippen MR) is 97.1 cm³/mol. The fraction of sp³-hybridized carbons (Fsp3) is 0.444. The fourth-order valence-electron chi connectivity index (χ4n) is 3.38. The summed E-state index contributed by atoms with van der Waals surface area (Å²) < 4.78 is 36.2. The van der Waals surface area contributed by atoms with Crippen molar-refractivity contribution < 1.29 is 17.6 Å². The number of likely N-dealkylation sites (tertiary alicyclic amines) is 1. The predicted octanol–water partition coefficient (Wildman–Crippen LogP) is 2.42. The van der Waals surface area contributed by atoms with Crippen molar-refractivity contribution in [2.45, 2.75) is 19.8 Å². The molecule has 1 aliphatic rings. The van der Waals surface area contributed by atoms with Gasteiger partial charge in [-0.05, 0) is 49.9 Å². The number of piperidine rings is 1. The average molecular weight is 379 g/mol. The standard InChI is InChI=1S/C18H22FN3O3S/c1-12-16(21-17(20-12)14-5-7-15(19)8-6-14)18(23)22-9-3-4-13(10-22)11-26(2,24)25/h5-8,13H,3-4,9-11H2,1-2H3,(H,20,21). The van der Waals surface area contributed by atoms with Crippen LogP contribution in [0.1, 0.15) is 29.0 Å². The number of hydrogen-bond donors (Lipinski definition) is 1. The monoisotopic (exact) mass is 379 g/mol. The normalized spacial score (nSPS) is 18.1. The van der Waals surface area contributed by atoms with E-state index in [1.165, 1.54) is 18.4 Å². The Morgan fingerprint density at radius 2 is 2.04 bits per heavy atom. The van der Waals surface area contributed by atoms with E-state index in [0.717, 1.165) is 12.8 Å². The van der Waals surface area contributed by atoms with Crippen LogP contribution in [-0.4, -0.2) is 54.3 Å². The summed E-state index contributed by atoms with van der Waals surface area (Å²) in [5.41, 5.74) is 1.66. The highest BCUT2D eigenvalue weighted by atomic mass is 32.2. The summed E-state index contributed by atoms with van der Waals surface area (Å²) in [6.45, 7) is 2.78. The van der Waals surface area contributed by atoms with Gasteiger partial charge in [-0.2, -0.15) is 0 Å². The van der Waals surface area contributed by atoms with Gasteiger partial charge in [-0.15, -0.1) is 0 Å². The third kappa shape index (κ3) is 4.30. The molecule has 0 bridgehead atoms. The van der Waals surface area contributed by atoms with Crippen molar-refractivity contribution in [3.8, 4) is 11.4 Å². The first-order valence-electron chi connectivity index (χ1n) is 8.52. The molecular formula is C18H22FN3O3S. The highest BCUT2D eigenvalue weighted by Gasteiger charge is 2.29. The highest BCUT2D eigenvalue weighted by molar-refractivity contribution is 7.90. The summed E-state index contributed by atoms with van der Waals surface area (Å²) >= 11 is 0. The smallest absolute Gasteiger partial charge is 0.274 e. The Kier molecular flexibility index (Phi) is 5.13. The molecule has 2 heterocycles. The van der Waals surface area contributed by atoms with E-state index in [1.54, 1.807) is 24.0 Å². The van der Waals surface area contributed by atoms with E-state index >= 15 is 0 Å². The fourth-order valence-corrected chi connectivity index (χ4v) is 4.50. The van der Waals surface area contributed by atoms with Gasteiger partial charge in [0.25, 0.3) is 5.91 Å². The van der Waals surface area contributed by atoms with Gasteiger partial charge in [0.05, 0.1) is 5.75 Å². The molecule has 8 heteroatoms. The maximum absolute atomic E-state index is 13.1. The second-order valence-electron chi connectivity index (χ2n) is 6.92. The lowest BCUT2D eigenvalue weighted by Gasteiger charge is -2.32. The SMILES string of the molecule is Cc1[nH]c(-c2ccc(F)cc2)nc1C(=O)N1CCCC(CS(C)(=O)=O)C1. The Bertz CT molecular complexity index is 906. The maximum Gasteiger partial charge on any atom is 0.274 e. The molecule has 0 saturated carbocycles. The molecule has 1 aromatic heterocycles. The number of aromatic nitrogens is 2. The van der Waals surface area contributed by atoms with Crippen LogP contribution >= 0.6 is 0 Å². The molecule has 0 spiro atoms. The number of nitrogens with one attached hydrogen (secondary N) is 1. The molecule has 1 fully saturated rings. The Balaban J connectivity index is 1.78. The van der Waals surface area contributed by atoms with Crippen molar-refractivity contribution in [2.75, 3.05) is 25.1 Å². The molecule has 0 aliphatic carbocycles. The first-order chi connectivity index (χ1) is 12.2. The molecule has 6 nitrogen and oxygen atoms in total. The van der Waals surface area contributed by atoms with Crippen LogP contribution in [0.2, 0.25) is 0 Å². The summed E-state index contributed by atoms with van der Waals surface area (Å²) in [6.07, 6.45) is 2.80. The first-order valence-corrected chi connectivity index (χ1v) is 10.6. The molecule has 1 aromatic carbocycles. The van der Waals surface area contributed by atoms with Crippen molar-refractivity contribution in [1.29, 1.82) is 0 Å². The van der Waals surface area contributed by atoms with Gasteiger partial charge in [0.15, 0.2) is 0 Å². The minimum absolute atomic E-state index is 0.0430. The lowest BCUT2D eigenvalue weighted by Crippen LogP contribution is -2.42. The van der Waals surface area contributed by atoms with Gasteiger partial charge in [-0.3, -0.25) is 4.79 Å². The number of sulfone groups is 1. The van der Waals surface area contributed by atoms with E-state index in [0.29, 0.717) is 35.9 Å². The van der Waals surface area contributed by atoms with Crippen molar-refractivity contribution in [3.63, 3.8) is 0 Å². The van der Waals surface area contributed by atoms with Crippen molar-refractivity contribution in [2.24, 2.45) is 5.92 Å². The number of carbonyl (C=O) groups excluding carboxylic acids is 1. The number of benzene rings is 1. The number of aryl methyl sites for hydroxylation is 1. The Labute approximate surface area is 152 Å². The molecule has 1 N–H and O–H groups in total. The second kappa shape index (κ2) is 7.19. The zero-order chi connectivity index (χ0) is 18.9. The van der Waals surface area contributed by atoms with Crippen LogP contribution in [0.25, 0.3) is 11.4 Å². The molecule has 3 rings (SSSR count). The summed E-state index contributed by atoms with van der Waals surface area (Å²) in [4.78, 5) is 22.0. The molecule has 2 aromatic rings. The molecule has 1 amide bonds. The number of amides is 1. The maximum atomic E-state index is 13.1. The Morgan fingerprint density at radius 3 is 2.69 bits per heavy atom.